The summed E-state index contributed by atoms with van der Waals surface area (Å²) in [5.74, 6) is -0.357. The Morgan fingerprint density at radius 3 is 2.78 bits per heavy atom. The summed E-state index contributed by atoms with van der Waals surface area (Å²) in [6.45, 7) is 2.44. The van der Waals surface area contributed by atoms with Gasteiger partial charge in [0.1, 0.15) is 5.71 Å². The molecule has 0 unspecified atom stereocenters. The third-order valence-corrected chi connectivity index (χ3v) is 3.56. The Balaban J connectivity index is 2.81. The van der Waals surface area contributed by atoms with Gasteiger partial charge < -0.3 is 4.74 Å². The van der Waals surface area contributed by atoms with Crippen molar-refractivity contribution in [2.75, 3.05) is 7.11 Å². The summed E-state index contributed by atoms with van der Waals surface area (Å²) in [5, 5.41) is 0.657. The number of ether oxygens (including phenoxy) is 1. The van der Waals surface area contributed by atoms with Crippen LogP contribution in [0.1, 0.15) is 25.3 Å². The second-order valence-corrected chi connectivity index (χ2v) is 5.01. The van der Waals surface area contributed by atoms with Gasteiger partial charge in [-0.3, -0.25) is 4.99 Å². The summed E-state index contributed by atoms with van der Waals surface area (Å²) in [6, 6.07) is 5.58. The van der Waals surface area contributed by atoms with Crippen molar-refractivity contribution in [3.63, 3.8) is 0 Å². The largest absolute Gasteiger partial charge is 0.465 e. The van der Waals surface area contributed by atoms with Crippen LogP contribution in [0.5, 0.6) is 0 Å². The molecule has 0 radical (unpaired) electrons. The van der Waals surface area contributed by atoms with E-state index in [-0.39, 0.29) is 5.97 Å². The van der Waals surface area contributed by atoms with Gasteiger partial charge in [-0.2, -0.15) is 0 Å². The molecule has 1 rings (SSSR count). The zero-order valence-corrected chi connectivity index (χ0v) is 12.7. The summed E-state index contributed by atoms with van der Waals surface area (Å²) in [4.78, 5) is 15.8. The van der Waals surface area contributed by atoms with E-state index in [1.165, 1.54) is 7.11 Å². The number of carbonyl (C=O) groups excluding carboxylic acids is 1. The topological polar surface area (TPSA) is 38.7 Å². The van der Waals surface area contributed by atoms with E-state index in [0.29, 0.717) is 23.7 Å². The Hall–Kier alpha value is -0.870. The van der Waals surface area contributed by atoms with E-state index < -0.39 is 0 Å². The fourth-order valence-corrected chi connectivity index (χ4v) is 1.97. The molecule has 0 saturated carbocycles. The smallest absolute Gasteiger partial charge is 0.351 e. The summed E-state index contributed by atoms with van der Waals surface area (Å²) in [7, 11) is 1.37. The summed E-state index contributed by atoms with van der Waals surface area (Å²) in [5.41, 5.74) is 1.47. The van der Waals surface area contributed by atoms with Crippen molar-refractivity contribution >= 4 is 39.2 Å². The number of hydrogen-bond acceptors (Lipinski definition) is 3. The first-order chi connectivity index (χ1) is 8.58. The molecule has 0 aromatic heterocycles. The number of hydrogen-bond donors (Lipinski definition) is 0. The van der Waals surface area contributed by atoms with E-state index in [2.05, 4.69) is 20.9 Å². The second-order valence-electron chi connectivity index (χ2n) is 3.75. The highest BCUT2D eigenvalue weighted by Gasteiger charge is 2.10. The van der Waals surface area contributed by atoms with Gasteiger partial charge in [0, 0.05) is 4.47 Å². The molecule has 0 bridgehead atoms. The maximum atomic E-state index is 11.5. The third-order valence-electron chi connectivity index (χ3n) is 2.34. The lowest BCUT2D eigenvalue weighted by Gasteiger charge is -2.04. The van der Waals surface area contributed by atoms with Crippen LogP contribution in [0.3, 0.4) is 0 Å². The normalized spacial score (nSPS) is 11.4. The minimum atomic E-state index is -0.357. The van der Waals surface area contributed by atoms with Crippen LogP contribution in [0.25, 0.3) is 0 Å². The van der Waals surface area contributed by atoms with Crippen molar-refractivity contribution in [2.24, 2.45) is 4.99 Å². The number of carbonyl (C=O) groups is 1. The molecule has 0 aliphatic carbocycles. The van der Waals surface area contributed by atoms with Crippen molar-refractivity contribution in [1.29, 1.82) is 0 Å². The minimum absolute atomic E-state index is 0.357. The second kappa shape index (κ2) is 7.54. The van der Waals surface area contributed by atoms with Crippen molar-refractivity contribution in [3.05, 3.63) is 33.3 Å². The molecule has 0 heterocycles. The Kier molecular flexibility index (Phi) is 6.36. The molecule has 1 aromatic carbocycles. The molecule has 0 amide bonds. The number of rotatable bonds is 5. The number of methoxy groups -OCH3 is 1. The highest BCUT2D eigenvalue weighted by atomic mass is 79.9. The van der Waals surface area contributed by atoms with E-state index >= 15 is 0 Å². The summed E-state index contributed by atoms with van der Waals surface area (Å²) < 4.78 is 5.52. The van der Waals surface area contributed by atoms with Crippen LogP contribution in [0.4, 0.5) is 0 Å². The number of halogens is 2. The van der Waals surface area contributed by atoms with E-state index in [1.54, 1.807) is 6.07 Å². The van der Waals surface area contributed by atoms with Crippen molar-refractivity contribution in [1.82, 2.24) is 0 Å². The van der Waals surface area contributed by atoms with Gasteiger partial charge in [-0.05, 0) is 40.0 Å². The maximum Gasteiger partial charge on any atom is 0.351 e. The first-order valence-corrected chi connectivity index (χ1v) is 6.81. The average molecular weight is 333 g/mol. The molecule has 5 heteroatoms. The highest BCUT2D eigenvalue weighted by Crippen LogP contribution is 2.23. The molecule has 0 fully saturated rings. The fraction of sp³-hybridized carbons (Fsp3) is 0.385. The monoisotopic (exact) mass is 331 g/mol. The molecule has 0 saturated heterocycles. The Bertz CT molecular complexity index is 460. The van der Waals surface area contributed by atoms with Crippen molar-refractivity contribution < 1.29 is 9.53 Å². The molecule has 0 aliphatic heterocycles. The van der Waals surface area contributed by atoms with Gasteiger partial charge in [0.2, 0.25) is 0 Å². The SMILES string of the molecule is CCCC(=NCc1ccc(Cl)c(Br)c1)C(=O)OC. The van der Waals surface area contributed by atoms with Crippen LogP contribution in [-0.4, -0.2) is 18.8 Å². The summed E-state index contributed by atoms with van der Waals surface area (Å²) >= 11 is 9.26. The van der Waals surface area contributed by atoms with Gasteiger partial charge in [0.25, 0.3) is 0 Å². The molecular formula is C13H15BrClNO2. The Morgan fingerprint density at radius 2 is 2.22 bits per heavy atom. The lowest BCUT2D eigenvalue weighted by molar-refractivity contribution is -0.132. The predicted molar refractivity (Wildman–Crippen MR) is 77.2 cm³/mol. The van der Waals surface area contributed by atoms with Gasteiger partial charge in [-0.15, -0.1) is 0 Å². The molecule has 0 spiro atoms. The van der Waals surface area contributed by atoms with Crippen LogP contribution < -0.4 is 0 Å². The quantitative estimate of drug-likeness (QED) is 0.603. The molecule has 18 heavy (non-hydrogen) atoms. The van der Waals surface area contributed by atoms with Gasteiger partial charge in [0.15, 0.2) is 0 Å². The molecular weight excluding hydrogens is 318 g/mol. The molecule has 0 aliphatic rings. The number of esters is 1. The van der Waals surface area contributed by atoms with Gasteiger partial charge >= 0.3 is 5.97 Å². The predicted octanol–water partition coefficient (Wildman–Crippen LogP) is 4.02. The third kappa shape index (κ3) is 4.42. The van der Waals surface area contributed by atoms with Crippen LogP contribution in [-0.2, 0) is 16.1 Å². The lowest BCUT2D eigenvalue weighted by Crippen LogP contribution is -2.15. The molecule has 1 aromatic rings. The van der Waals surface area contributed by atoms with E-state index in [4.69, 9.17) is 16.3 Å². The lowest BCUT2D eigenvalue weighted by atomic mass is 10.2. The number of aliphatic imine (C=N–C) groups is 1. The summed E-state index contributed by atoms with van der Waals surface area (Å²) in [6.07, 6.45) is 1.49. The molecule has 0 N–H and O–H groups in total. The van der Waals surface area contributed by atoms with Gasteiger partial charge in [-0.25, -0.2) is 4.79 Å². The van der Waals surface area contributed by atoms with E-state index in [9.17, 15) is 4.79 Å². The molecule has 0 atom stereocenters. The zero-order valence-electron chi connectivity index (χ0n) is 10.4. The van der Waals surface area contributed by atoms with Gasteiger partial charge in [0.05, 0.1) is 18.7 Å². The van der Waals surface area contributed by atoms with E-state index in [0.717, 1.165) is 16.5 Å². The van der Waals surface area contributed by atoms with Crippen LogP contribution in [0.15, 0.2) is 27.7 Å². The van der Waals surface area contributed by atoms with E-state index in [1.807, 2.05) is 19.1 Å². The van der Waals surface area contributed by atoms with Crippen molar-refractivity contribution in [2.45, 2.75) is 26.3 Å². The Morgan fingerprint density at radius 1 is 1.50 bits per heavy atom. The number of benzene rings is 1. The highest BCUT2D eigenvalue weighted by molar-refractivity contribution is 9.10. The zero-order chi connectivity index (χ0) is 13.5. The maximum absolute atomic E-state index is 11.5. The van der Waals surface area contributed by atoms with Crippen LogP contribution >= 0.6 is 27.5 Å². The first kappa shape index (κ1) is 15.2. The average Bonchev–Trinajstić information content (AvgIpc) is 2.37. The van der Waals surface area contributed by atoms with Crippen LogP contribution in [0, 0.1) is 0 Å². The Labute approximate surface area is 120 Å². The van der Waals surface area contributed by atoms with Gasteiger partial charge in [-0.1, -0.05) is 31.0 Å². The molecule has 3 nitrogen and oxygen atoms in total. The molecule has 98 valence electrons. The van der Waals surface area contributed by atoms with Crippen molar-refractivity contribution in [3.8, 4) is 0 Å². The number of nitrogens with zero attached hydrogens (tertiary/aromatic N) is 1. The first-order valence-electron chi connectivity index (χ1n) is 5.64. The fourth-order valence-electron chi connectivity index (χ4n) is 1.42. The standard InChI is InChI=1S/C13H15BrClNO2/c1-3-4-12(13(17)18-2)16-8-9-5-6-11(15)10(14)7-9/h5-7H,3-4,8H2,1-2H3. The van der Waals surface area contributed by atoms with Crippen LogP contribution in [0.2, 0.25) is 5.02 Å². The minimum Gasteiger partial charge on any atom is -0.465 e.